The third-order valence-electron chi connectivity index (χ3n) is 6.41. The molecule has 202 valence electrons. The van der Waals surface area contributed by atoms with E-state index in [0.717, 1.165) is 16.7 Å². The molecule has 4 N–H and O–H groups in total. The van der Waals surface area contributed by atoms with E-state index in [0.29, 0.717) is 46.5 Å². The molecule has 3 aromatic carbocycles. The Morgan fingerprint density at radius 2 is 1.77 bits per heavy atom. The van der Waals surface area contributed by atoms with Crippen molar-refractivity contribution in [1.82, 2.24) is 4.98 Å². The quantitative estimate of drug-likeness (QED) is 0.194. The molecule has 0 fully saturated rings. The Labute approximate surface area is 227 Å². The number of ether oxygens (including phenoxy) is 2. The molecular weight excluding hydrogens is 494 g/mol. The van der Waals surface area contributed by atoms with E-state index in [-0.39, 0.29) is 18.3 Å². The molecule has 0 spiro atoms. The number of benzene rings is 3. The summed E-state index contributed by atoms with van der Waals surface area (Å²) >= 11 is 0. The van der Waals surface area contributed by atoms with Crippen LogP contribution in [0.15, 0.2) is 71.7 Å². The number of aromatic hydroxyl groups is 1. The maximum absolute atomic E-state index is 12.1. The zero-order valence-electron chi connectivity index (χ0n) is 22.6. The van der Waals surface area contributed by atoms with Gasteiger partial charge in [-0.1, -0.05) is 36.4 Å². The summed E-state index contributed by atoms with van der Waals surface area (Å²) in [7, 11) is 1.32. The molecule has 8 nitrogen and oxygen atoms in total. The molecule has 0 saturated heterocycles. The van der Waals surface area contributed by atoms with Crippen LogP contribution in [0, 0.1) is 0 Å². The maximum Gasteiger partial charge on any atom is 0.337 e. The van der Waals surface area contributed by atoms with Gasteiger partial charge in [-0.3, -0.25) is 4.79 Å². The fraction of sp³-hybridized carbons (Fsp3) is 0.258. The first kappa shape index (κ1) is 27.6. The fourth-order valence-corrected chi connectivity index (χ4v) is 4.38. The van der Waals surface area contributed by atoms with Gasteiger partial charge in [-0.2, -0.15) is 0 Å². The predicted octanol–water partition coefficient (Wildman–Crippen LogP) is 5.52. The molecule has 1 heterocycles. The van der Waals surface area contributed by atoms with Crippen LogP contribution in [0.3, 0.4) is 0 Å². The molecule has 0 bridgehead atoms. The summed E-state index contributed by atoms with van der Waals surface area (Å²) < 4.78 is 9.91. The van der Waals surface area contributed by atoms with Crippen molar-refractivity contribution in [2.45, 2.75) is 39.2 Å². The molecule has 0 amide bonds. The lowest BCUT2D eigenvalue weighted by Gasteiger charge is -2.19. The highest BCUT2D eigenvalue weighted by Crippen LogP contribution is 2.33. The van der Waals surface area contributed by atoms with E-state index in [1.807, 2.05) is 62.4 Å². The number of hydrogen-bond donors (Lipinski definition) is 3. The smallest absolute Gasteiger partial charge is 0.337 e. The third kappa shape index (κ3) is 6.35. The van der Waals surface area contributed by atoms with Crippen molar-refractivity contribution < 1.29 is 24.2 Å². The number of nitrogens with two attached hydrogens (primary N) is 1. The second kappa shape index (κ2) is 11.5. The van der Waals surface area contributed by atoms with Gasteiger partial charge in [-0.25, -0.2) is 9.79 Å². The van der Waals surface area contributed by atoms with Crippen LogP contribution in [0.5, 0.6) is 5.88 Å². The molecular formula is C31H33N3O5. The number of nitrogens with zero attached hydrogens (tertiary/aromatic N) is 1. The maximum atomic E-state index is 12.1. The number of rotatable bonds is 9. The molecule has 0 aliphatic rings. The van der Waals surface area contributed by atoms with Crippen molar-refractivity contribution in [1.29, 1.82) is 0 Å². The Morgan fingerprint density at radius 1 is 1.03 bits per heavy atom. The number of esters is 2. The van der Waals surface area contributed by atoms with E-state index in [9.17, 15) is 14.7 Å². The van der Waals surface area contributed by atoms with E-state index in [1.165, 1.54) is 7.11 Å². The summed E-state index contributed by atoms with van der Waals surface area (Å²) in [6.07, 6.45) is 0.761. The molecule has 4 rings (SSSR count). The highest BCUT2D eigenvalue weighted by atomic mass is 16.5. The summed E-state index contributed by atoms with van der Waals surface area (Å²) in [5.41, 5.74) is 11.0. The average molecular weight is 528 g/mol. The van der Waals surface area contributed by atoms with Crippen LogP contribution in [-0.2, 0) is 26.2 Å². The van der Waals surface area contributed by atoms with Gasteiger partial charge >= 0.3 is 11.9 Å². The minimum absolute atomic E-state index is 0.0811. The van der Waals surface area contributed by atoms with Crippen molar-refractivity contribution in [2.24, 2.45) is 10.7 Å². The van der Waals surface area contributed by atoms with Crippen LogP contribution in [0.2, 0.25) is 0 Å². The van der Waals surface area contributed by atoms with Gasteiger partial charge in [0, 0.05) is 28.4 Å². The number of nitrogens with one attached hydrogen (secondary N) is 1. The summed E-state index contributed by atoms with van der Waals surface area (Å²) in [5, 5.41) is 11.7. The van der Waals surface area contributed by atoms with E-state index in [2.05, 4.69) is 4.98 Å². The van der Waals surface area contributed by atoms with Gasteiger partial charge < -0.3 is 25.3 Å². The first-order chi connectivity index (χ1) is 18.6. The summed E-state index contributed by atoms with van der Waals surface area (Å²) in [4.78, 5) is 31.9. The molecule has 0 radical (unpaired) electrons. The summed E-state index contributed by atoms with van der Waals surface area (Å²) in [5.74, 6) is -0.809. The number of aromatic amines is 1. The standard InChI is InChI=1S/C31H33N3O5/c1-5-39-26(35)16-9-19-7-6-8-20(17-19)28(33-23-13-11-22(12-14-23)31(2,3)32)27-24-15-10-21(30(37)38-4)18-25(24)34-29(27)36/h6-8,10-15,17-18,34,36H,5,9,16,32H2,1-4H3. The first-order valence-electron chi connectivity index (χ1n) is 12.8. The van der Waals surface area contributed by atoms with E-state index >= 15 is 0 Å². The minimum atomic E-state index is -0.495. The van der Waals surface area contributed by atoms with E-state index in [1.54, 1.807) is 25.1 Å². The molecule has 0 unspecified atom stereocenters. The van der Waals surface area contributed by atoms with Crippen LogP contribution in [-0.4, -0.2) is 41.5 Å². The Bertz CT molecular complexity index is 1530. The van der Waals surface area contributed by atoms with Gasteiger partial charge in [0.2, 0.25) is 0 Å². The Balaban J connectivity index is 1.84. The molecule has 0 aliphatic heterocycles. The van der Waals surface area contributed by atoms with Gasteiger partial charge in [0.15, 0.2) is 5.88 Å². The lowest BCUT2D eigenvalue weighted by Crippen LogP contribution is -2.28. The second-order valence-electron chi connectivity index (χ2n) is 9.83. The van der Waals surface area contributed by atoms with Crippen LogP contribution in [0.1, 0.15) is 59.8 Å². The number of carbonyl (C=O) groups is 2. The first-order valence-corrected chi connectivity index (χ1v) is 12.8. The van der Waals surface area contributed by atoms with E-state index in [4.69, 9.17) is 20.2 Å². The number of methoxy groups -OCH3 is 1. The van der Waals surface area contributed by atoms with Gasteiger partial charge in [-0.15, -0.1) is 0 Å². The predicted molar refractivity (Wildman–Crippen MR) is 152 cm³/mol. The Kier molecular flexibility index (Phi) is 8.16. The number of carbonyl (C=O) groups excluding carboxylic acids is 2. The van der Waals surface area contributed by atoms with Gasteiger partial charge in [0.05, 0.1) is 36.2 Å². The fourth-order valence-electron chi connectivity index (χ4n) is 4.38. The number of aliphatic imine (C=N–C) groups is 1. The Morgan fingerprint density at radius 3 is 2.44 bits per heavy atom. The SMILES string of the molecule is CCOC(=O)CCc1cccc(C(=Nc2ccc(C(C)(C)N)cc2)c2c(O)[nH]c3cc(C(=O)OC)ccc23)c1. The minimum Gasteiger partial charge on any atom is -0.494 e. The largest absolute Gasteiger partial charge is 0.494 e. The number of hydrogen-bond acceptors (Lipinski definition) is 7. The third-order valence-corrected chi connectivity index (χ3v) is 6.41. The molecule has 0 atom stereocenters. The van der Waals surface area contributed by atoms with Crippen molar-refractivity contribution in [3.63, 3.8) is 0 Å². The highest BCUT2D eigenvalue weighted by Gasteiger charge is 2.21. The van der Waals surface area contributed by atoms with Gasteiger partial charge in [0.1, 0.15) is 0 Å². The van der Waals surface area contributed by atoms with Crippen molar-refractivity contribution in [3.8, 4) is 5.88 Å². The van der Waals surface area contributed by atoms with Crippen LogP contribution < -0.4 is 5.73 Å². The summed E-state index contributed by atoms with van der Waals surface area (Å²) in [6.45, 7) is 5.99. The zero-order valence-corrected chi connectivity index (χ0v) is 22.6. The number of H-pyrrole nitrogens is 1. The normalized spacial score (nSPS) is 12.0. The topological polar surface area (TPSA) is 127 Å². The number of fused-ring (bicyclic) bond motifs is 1. The Hall–Kier alpha value is -4.43. The van der Waals surface area contributed by atoms with Crippen LogP contribution in [0.4, 0.5) is 5.69 Å². The monoisotopic (exact) mass is 527 g/mol. The van der Waals surface area contributed by atoms with Crippen molar-refractivity contribution in [2.75, 3.05) is 13.7 Å². The molecule has 1 aromatic heterocycles. The number of aryl methyl sites for hydroxylation is 1. The molecule has 8 heteroatoms. The van der Waals surface area contributed by atoms with Crippen LogP contribution in [0.25, 0.3) is 10.9 Å². The number of aromatic nitrogens is 1. The molecule has 4 aromatic rings. The highest BCUT2D eigenvalue weighted by molar-refractivity contribution is 6.22. The van der Waals surface area contributed by atoms with Gasteiger partial charge in [-0.05, 0) is 68.7 Å². The van der Waals surface area contributed by atoms with E-state index < -0.39 is 11.5 Å². The van der Waals surface area contributed by atoms with Crippen molar-refractivity contribution >= 4 is 34.2 Å². The summed E-state index contributed by atoms with van der Waals surface area (Å²) in [6, 6.07) is 20.4. The van der Waals surface area contributed by atoms with Crippen LogP contribution >= 0.6 is 0 Å². The molecule has 0 aliphatic carbocycles. The molecule has 0 saturated carbocycles. The average Bonchev–Trinajstić information content (AvgIpc) is 3.24. The van der Waals surface area contributed by atoms with Crippen molar-refractivity contribution in [3.05, 3.63) is 94.5 Å². The lowest BCUT2D eigenvalue weighted by atomic mass is 9.95. The van der Waals surface area contributed by atoms with Gasteiger partial charge in [0.25, 0.3) is 0 Å². The second-order valence-corrected chi connectivity index (χ2v) is 9.83. The molecule has 39 heavy (non-hydrogen) atoms. The lowest BCUT2D eigenvalue weighted by molar-refractivity contribution is -0.143. The zero-order chi connectivity index (χ0) is 28.2.